The third kappa shape index (κ3) is 1.39. The van der Waals surface area contributed by atoms with Gasteiger partial charge in [-0.2, -0.15) is 0 Å². The molecule has 1 heterocycles. The molecule has 1 aliphatic heterocycles. The molecule has 5 atom stereocenters. The van der Waals surface area contributed by atoms with Crippen LogP contribution in [0.2, 0.25) is 0 Å². The minimum atomic E-state index is 0.0228. The minimum Gasteiger partial charge on any atom is -0.352 e. The van der Waals surface area contributed by atoms with Crippen molar-refractivity contribution in [3.05, 3.63) is 0 Å². The van der Waals surface area contributed by atoms with Crippen molar-refractivity contribution in [2.45, 2.75) is 33.0 Å². The Hall–Kier alpha value is -0.410. The van der Waals surface area contributed by atoms with Gasteiger partial charge >= 0.3 is 0 Å². The van der Waals surface area contributed by atoms with E-state index in [1.807, 2.05) is 0 Å². The smallest absolute Gasteiger partial charge is 0.160 e. The fourth-order valence-electron chi connectivity index (χ4n) is 4.26. The van der Waals surface area contributed by atoms with Crippen LogP contribution in [-0.2, 0) is 14.3 Å². The van der Waals surface area contributed by atoms with E-state index in [0.717, 1.165) is 37.9 Å². The maximum absolute atomic E-state index is 11.4. The van der Waals surface area contributed by atoms with Crippen LogP contribution in [0.3, 0.4) is 0 Å². The summed E-state index contributed by atoms with van der Waals surface area (Å²) >= 11 is 0. The number of carbonyl (C=O) groups is 1. The lowest BCUT2D eigenvalue weighted by Gasteiger charge is -2.38. The maximum atomic E-state index is 11.4. The number of ketones is 1. The molecule has 94 valence electrons. The second kappa shape index (κ2) is 3.12. The Morgan fingerprint density at radius 2 is 1.82 bits per heavy atom. The lowest BCUT2D eigenvalue weighted by atomic mass is 9.71. The van der Waals surface area contributed by atoms with Crippen LogP contribution in [0.5, 0.6) is 0 Å². The normalized spacial score (nSPS) is 51.6. The molecule has 1 saturated heterocycles. The summed E-state index contributed by atoms with van der Waals surface area (Å²) in [5, 5.41) is 0. The summed E-state index contributed by atoms with van der Waals surface area (Å²) in [6, 6.07) is 0. The quantitative estimate of drug-likeness (QED) is 0.697. The van der Waals surface area contributed by atoms with Gasteiger partial charge < -0.3 is 9.47 Å². The molecule has 0 amide bonds. The zero-order valence-electron chi connectivity index (χ0n) is 10.5. The summed E-state index contributed by atoms with van der Waals surface area (Å²) < 4.78 is 11.8. The van der Waals surface area contributed by atoms with E-state index in [1.54, 1.807) is 0 Å². The highest BCUT2D eigenvalue weighted by molar-refractivity contribution is 5.88. The highest BCUT2D eigenvalue weighted by atomic mass is 16.7. The van der Waals surface area contributed by atoms with Crippen molar-refractivity contribution in [3.8, 4) is 0 Å². The molecule has 0 aromatic carbocycles. The third-order valence-electron chi connectivity index (χ3n) is 5.27. The van der Waals surface area contributed by atoms with Crippen LogP contribution in [0, 0.1) is 35.0 Å². The van der Waals surface area contributed by atoms with E-state index in [0.29, 0.717) is 23.5 Å². The number of ether oxygens (including phenoxy) is 2. The fourth-order valence-corrected chi connectivity index (χ4v) is 4.26. The van der Waals surface area contributed by atoms with Gasteiger partial charge in [0.25, 0.3) is 0 Å². The molecule has 3 nitrogen and oxygen atoms in total. The highest BCUT2D eigenvalue weighted by Gasteiger charge is 2.69. The SMILES string of the molecule is CC1(C)COC([C@@H]2[C@@H]3C[C@@H]4C(=O)C[C@H]4[C@H]32)OC1. The number of carbonyl (C=O) groups excluding carboxylic acids is 1. The molecule has 17 heavy (non-hydrogen) atoms. The van der Waals surface area contributed by atoms with Gasteiger partial charge in [-0.3, -0.25) is 4.79 Å². The zero-order chi connectivity index (χ0) is 11.8. The van der Waals surface area contributed by atoms with Gasteiger partial charge in [0.05, 0.1) is 13.2 Å². The molecule has 4 aliphatic rings. The Kier molecular flexibility index (Phi) is 1.93. The number of hydrogen-bond acceptors (Lipinski definition) is 3. The van der Waals surface area contributed by atoms with Gasteiger partial charge in [0.2, 0.25) is 0 Å². The standard InChI is InChI=1S/C14H20O3/c1-14(2)5-16-13(17-6-14)12-9-3-7-8(11(9)12)4-10(7)15/h7-9,11-13H,3-6H2,1-2H3/t7-,8+,9+,11+,12+/m0/s1. The van der Waals surface area contributed by atoms with Crippen molar-refractivity contribution in [2.24, 2.45) is 35.0 Å². The molecule has 3 heteroatoms. The molecule has 3 saturated carbocycles. The van der Waals surface area contributed by atoms with Gasteiger partial charge in [0.15, 0.2) is 6.29 Å². The van der Waals surface area contributed by atoms with Crippen molar-refractivity contribution < 1.29 is 14.3 Å². The Morgan fingerprint density at radius 1 is 1.12 bits per heavy atom. The molecular formula is C14H20O3. The van der Waals surface area contributed by atoms with E-state index < -0.39 is 0 Å². The van der Waals surface area contributed by atoms with E-state index >= 15 is 0 Å². The first-order valence-electron chi connectivity index (χ1n) is 6.83. The lowest BCUT2D eigenvalue weighted by molar-refractivity contribution is -0.235. The second-order valence-corrected chi connectivity index (χ2v) is 7.15. The first-order chi connectivity index (χ1) is 8.07. The molecule has 4 fully saturated rings. The van der Waals surface area contributed by atoms with Crippen LogP contribution in [0.25, 0.3) is 0 Å². The molecular weight excluding hydrogens is 216 g/mol. The van der Waals surface area contributed by atoms with Crippen LogP contribution in [0.15, 0.2) is 0 Å². The van der Waals surface area contributed by atoms with E-state index in [2.05, 4.69) is 13.8 Å². The zero-order valence-corrected chi connectivity index (χ0v) is 10.5. The molecule has 0 spiro atoms. The maximum Gasteiger partial charge on any atom is 0.160 e. The Balaban J connectivity index is 1.40. The third-order valence-corrected chi connectivity index (χ3v) is 5.27. The predicted molar refractivity (Wildman–Crippen MR) is 61.2 cm³/mol. The molecule has 0 aromatic rings. The van der Waals surface area contributed by atoms with Crippen molar-refractivity contribution in [2.75, 3.05) is 13.2 Å². The van der Waals surface area contributed by atoms with Crippen molar-refractivity contribution in [1.29, 1.82) is 0 Å². The molecule has 0 N–H and O–H groups in total. The number of Topliss-reactive ketones (excluding diaryl/α,β-unsaturated/α-hetero) is 1. The van der Waals surface area contributed by atoms with Gasteiger partial charge in [0.1, 0.15) is 5.78 Å². The summed E-state index contributed by atoms with van der Waals surface area (Å²) in [4.78, 5) is 11.4. The van der Waals surface area contributed by atoms with Crippen molar-refractivity contribution >= 4 is 5.78 Å². The summed E-state index contributed by atoms with van der Waals surface area (Å²) in [6.45, 7) is 5.97. The predicted octanol–water partition coefficient (Wildman–Crippen LogP) is 1.86. The second-order valence-electron chi connectivity index (χ2n) is 7.15. The fraction of sp³-hybridized carbons (Fsp3) is 0.929. The number of rotatable bonds is 1. The molecule has 4 rings (SSSR count). The minimum absolute atomic E-state index is 0.0228. The van der Waals surface area contributed by atoms with Crippen molar-refractivity contribution in [3.63, 3.8) is 0 Å². The van der Waals surface area contributed by atoms with E-state index in [1.165, 1.54) is 0 Å². The molecule has 0 bridgehead atoms. The van der Waals surface area contributed by atoms with E-state index in [-0.39, 0.29) is 11.7 Å². The molecule has 0 unspecified atom stereocenters. The summed E-state index contributed by atoms with van der Waals surface area (Å²) in [6.07, 6.45) is 1.97. The number of fused-ring (bicyclic) bond motifs is 3. The summed E-state index contributed by atoms with van der Waals surface area (Å²) in [5.74, 6) is 3.67. The average Bonchev–Trinajstić information content (AvgIpc) is 2.87. The van der Waals surface area contributed by atoms with Crippen LogP contribution >= 0.6 is 0 Å². The molecule has 0 radical (unpaired) electrons. The molecule has 0 aromatic heterocycles. The highest BCUT2D eigenvalue weighted by Crippen LogP contribution is 2.69. The van der Waals surface area contributed by atoms with Crippen LogP contribution in [0.1, 0.15) is 26.7 Å². The Morgan fingerprint density at radius 3 is 2.41 bits per heavy atom. The Labute approximate surface area is 102 Å². The van der Waals surface area contributed by atoms with Gasteiger partial charge in [-0.05, 0) is 24.2 Å². The van der Waals surface area contributed by atoms with Gasteiger partial charge in [-0.1, -0.05) is 13.8 Å². The van der Waals surface area contributed by atoms with Gasteiger partial charge in [0, 0.05) is 23.7 Å². The van der Waals surface area contributed by atoms with Crippen molar-refractivity contribution in [1.82, 2.24) is 0 Å². The van der Waals surface area contributed by atoms with Crippen LogP contribution in [-0.4, -0.2) is 25.3 Å². The van der Waals surface area contributed by atoms with Gasteiger partial charge in [-0.25, -0.2) is 0 Å². The van der Waals surface area contributed by atoms with Crippen LogP contribution < -0.4 is 0 Å². The lowest BCUT2D eigenvalue weighted by Crippen LogP contribution is -2.42. The number of hydrogen-bond donors (Lipinski definition) is 0. The summed E-state index contributed by atoms with van der Waals surface area (Å²) in [5.41, 5.74) is 0.162. The average molecular weight is 236 g/mol. The van der Waals surface area contributed by atoms with Crippen LogP contribution in [0.4, 0.5) is 0 Å². The van der Waals surface area contributed by atoms with Gasteiger partial charge in [-0.15, -0.1) is 0 Å². The summed E-state index contributed by atoms with van der Waals surface area (Å²) in [7, 11) is 0. The first kappa shape index (κ1) is 10.5. The Bertz CT molecular complexity index is 366. The topological polar surface area (TPSA) is 35.5 Å². The van der Waals surface area contributed by atoms with E-state index in [4.69, 9.17) is 9.47 Å². The first-order valence-corrected chi connectivity index (χ1v) is 6.83. The largest absolute Gasteiger partial charge is 0.352 e. The monoisotopic (exact) mass is 236 g/mol. The van der Waals surface area contributed by atoms with E-state index in [9.17, 15) is 4.79 Å². The molecule has 3 aliphatic carbocycles.